The minimum absolute atomic E-state index is 0.143. The lowest BCUT2D eigenvalue weighted by Gasteiger charge is -2.09. The third-order valence-electron chi connectivity index (χ3n) is 2.18. The summed E-state index contributed by atoms with van der Waals surface area (Å²) in [6.45, 7) is 5.22. The number of esters is 1. The van der Waals surface area contributed by atoms with Crippen LogP contribution in [0.4, 0.5) is 5.69 Å². The van der Waals surface area contributed by atoms with Crippen molar-refractivity contribution < 1.29 is 14.3 Å². The van der Waals surface area contributed by atoms with Gasteiger partial charge in [0.15, 0.2) is 0 Å². The minimum atomic E-state index is -0.563. The smallest absolute Gasteiger partial charge is 0.339 e. The predicted octanol–water partition coefficient (Wildman–Crippen LogP) is 3.41. The SMILES string of the molecule is CC(C)COCCOC(=O)c1cc(N)cc(Cl)c1Cl. The molecule has 0 bridgehead atoms. The lowest BCUT2D eigenvalue weighted by atomic mass is 10.2. The highest BCUT2D eigenvalue weighted by molar-refractivity contribution is 6.44. The van der Waals surface area contributed by atoms with E-state index in [1.165, 1.54) is 12.1 Å². The van der Waals surface area contributed by atoms with Gasteiger partial charge in [0.2, 0.25) is 0 Å². The Morgan fingerprint density at radius 3 is 2.63 bits per heavy atom. The first-order valence-electron chi connectivity index (χ1n) is 5.91. The predicted molar refractivity (Wildman–Crippen MR) is 76.8 cm³/mol. The molecule has 0 saturated heterocycles. The molecular weight excluding hydrogens is 289 g/mol. The molecule has 106 valence electrons. The summed E-state index contributed by atoms with van der Waals surface area (Å²) in [5, 5.41) is 0.369. The van der Waals surface area contributed by atoms with Gasteiger partial charge in [0.1, 0.15) is 6.61 Å². The normalized spacial score (nSPS) is 10.8. The van der Waals surface area contributed by atoms with Crippen molar-refractivity contribution in [2.45, 2.75) is 13.8 Å². The van der Waals surface area contributed by atoms with Crippen LogP contribution in [0.15, 0.2) is 12.1 Å². The summed E-state index contributed by atoms with van der Waals surface area (Å²) in [6.07, 6.45) is 0. The number of ether oxygens (including phenoxy) is 2. The van der Waals surface area contributed by atoms with Crippen LogP contribution in [-0.2, 0) is 9.47 Å². The number of hydrogen-bond donors (Lipinski definition) is 1. The molecule has 4 nitrogen and oxygen atoms in total. The van der Waals surface area contributed by atoms with Gasteiger partial charge in [0.05, 0.1) is 22.2 Å². The van der Waals surface area contributed by atoms with E-state index in [1.54, 1.807) is 0 Å². The van der Waals surface area contributed by atoms with Gasteiger partial charge in [-0.1, -0.05) is 37.0 Å². The van der Waals surface area contributed by atoms with Gasteiger partial charge in [-0.2, -0.15) is 0 Å². The van der Waals surface area contributed by atoms with Gasteiger partial charge in [-0.25, -0.2) is 4.79 Å². The molecule has 0 aliphatic carbocycles. The number of hydrogen-bond acceptors (Lipinski definition) is 4. The highest BCUT2D eigenvalue weighted by atomic mass is 35.5. The molecule has 0 heterocycles. The standard InChI is InChI=1S/C13H17Cl2NO3/c1-8(2)7-18-3-4-19-13(17)10-5-9(16)6-11(14)12(10)15/h5-6,8H,3-4,7,16H2,1-2H3. The quantitative estimate of drug-likeness (QED) is 0.497. The van der Waals surface area contributed by atoms with Crippen molar-refractivity contribution in [3.63, 3.8) is 0 Å². The van der Waals surface area contributed by atoms with E-state index < -0.39 is 5.97 Å². The van der Waals surface area contributed by atoms with Crippen LogP contribution in [0.3, 0.4) is 0 Å². The van der Waals surface area contributed by atoms with Crippen LogP contribution in [0.1, 0.15) is 24.2 Å². The number of carbonyl (C=O) groups is 1. The van der Waals surface area contributed by atoms with E-state index >= 15 is 0 Å². The first kappa shape index (κ1) is 16.1. The van der Waals surface area contributed by atoms with Crippen molar-refractivity contribution in [2.24, 2.45) is 5.92 Å². The highest BCUT2D eigenvalue weighted by Gasteiger charge is 2.15. The van der Waals surface area contributed by atoms with Gasteiger partial charge < -0.3 is 15.2 Å². The molecule has 0 atom stereocenters. The lowest BCUT2D eigenvalue weighted by molar-refractivity contribution is 0.0278. The maximum atomic E-state index is 11.8. The van der Waals surface area contributed by atoms with Crippen LogP contribution in [0, 0.1) is 5.92 Å². The number of rotatable bonds is 6. The minimum Gasteiger partial charge on any atom is -0.460 e. The van der Waals surface area contributed by atoms with E-state index in [0.717, 1.165) is 0 Å². The fourth-order valence-corrected chi connectivity index (χ4v) is 1.76. The fraction of sp³-hybridized carbons (Fsp3) is 0.462. The Morgan fingerprint density at radius 2 is 2.00 bits per heavy atom. The largest absolute Gasteiger partial charge is 0.460 e. The first-order valence-corrected chi connectivity index (χ1v) is 6.66. The molecule has 6 heteroatoms. The van der Waals surface area contributed by atoms with E-state index in [2.05, 4.69) is 0 Å². The molecule has 0 aliphatic heterocycles. The van der Waals surface area contributed by atoms with Crippen LogP contribution in [0.2, 0.25) is 10.0 Å². The Hall–Kier alpha value is -0.970. The van der Waals surface area contributed by atoms with Crippen molar-refractivity contribution in [2.75, 3.05) is 25.6 Å². The molecular formula is C13H17Cl2NO3. The summed E-state index contributed by atoms with van der Waals surface area (Å²) in [5.74, 6) is -0.120. The second-order valence-corrected chi connectivity index (χ2v) is 5.25. The van der Waals surface area contributed by atoms with Crippen LogP contribution in [0.25, 0.3) is 0 Å². The van der Waals surface area contributed by atoms with Gasteiger partial charge in [-0.15, -0.1) is 0 Å². The van der Waals surface area contributed by atoms with Crippen molar-refractivity contribution in [3.05, 3.63) is 27.7 Å². The number of carbonyl (C=O) groups excluding carboxylic acids is 1. The van der Waals surface area contributed by atoms with E-state index in [0.29, 0.717) is 24.8 Å². The molecule has 0 aromatic heterocycles. The van der Waals surface area contributed by atoms with Crippen molar-refractivity contribution in [1.29, 1.82) is 0 Å². The average Bonchev–Trinajstić information content (AvgIpc) is 2.32. The summed E-state index contributed by atoms with van der Waals surface area (Å²) >= 11 is 11.8. The number of halogens is 2. The Bertz CT molecular complexity index is 450. The van der Waals surface area contributed by atoms with Gasteiger partial charge in [-0.3, -0.25) is 0 Å². The molecule has 0 fully saturated rings. The summed E-state index contributed by atoms with van der Waals surface area (Å²) in [7, 11) is 0. The summed E-state index contributed by atoms with van der Waals surface area (Å²) in [6, 6.07) is 2.91. The number of nitrogen functional groups attached to an aromatic ring is 1. The van der Waals surface area contributed by atoms with Crippen LogP contribution in [0.5, 0.6) is 0 Å². The van der Waals surface area contributed by atoms with Gasteiger partial charge in [0.25, 0.3) is 0 Å². The van der Waals surface area contributed by atoms with E-state index in [9.17, 15) is 4.79 Å². The molecule has 0 radical (unpaired) electrons. The van der Waals surface area contributed by atoms with Crippen LogP contribution in [-0.4, -0.2) is 25.8 Å². The second-order valence-electron chi connectivity index (χ2n) is 4.47. The zero-order valence-electron chi connectivity index (χ0n) is 10.9. The summed E-state index contributed by atoms with van der Waals surface area (Å²) in [4.78, 5) is 11.8. The molecule has 0 aliphatic rings. The van der Waals surface area contributed by atoms with Crippen molar-refractivity contribution in [1.82, 2.24) is 0 Å². The van der Waals surface area contributed by atoms with Gasteiger partial charge in [-0.05, 0) is 18.1 Å². The monoisotopic (exact) mass is 305 g/mol. The fourth-order valence-electron chi connectivity index (χ4n) is 1.35. The Morgan fingerprint density at radius 1 is 1.32 bits per heavy atom. The van der Waals surface area contributed by atoms with Crippen LogP contribution >= 0.6 is 23.2 Å². The molecule has 0 amide bonds. The number of benzene rings is 1. The van der Waals surface area contributed by atoms with E-state index in [-0.39, 0.29) is 22.2 Å². The van der Waals surface area contributed by atoms with Crippen molar-refractivity contribution >= 4 is 34.9 Å². The second kappa shape index (κ2) is 7.58. The number of nitrogens with two attached hydrogens (primary N) is 1. The van der Waals surface area contributed by atoms with Gasteiger partial charge >= 0.3 is 5.97 Å². The molecule has 19 heavy (non-hydrogen) atoms. The molecule has 0 saturated carbocycles. The van der Waals surface area contributed by atoms with E-state index in [4.69, 9.17) is 38.4 Å². The molecule has 2 N–H and O–H groups in total. The maximum absolute atomic E-state index is 11.8. The van der Waals surface area contributed by atoms with E-state index in [1.807, 2.05) is 13.8 Å². The third-order valence-corrected chi connectivity index (χ3v) is 2.98. The Balaban J connectivity index is 2.50. The van der Waals surface area contributed by atoms with Gasteiger partial charge in [0, 0.05) is 12.3 Å². The number of anilines is 1. The summed E-state index contributed by atoms with van der Waals surface area (Å²) in [5.41, 5.74) is 6.12. The lowest BCUT2D eigenvalue weighted by Crippen LogP contribution is -2.13. The first-order chi connectivity index (χ1) is 8.91. The zero-order valence-corrected chi connectivity index (χ0v) is 12.4. The molecule has 1 aromatic carbocycles. The highest BCUT2D eigenvalue weighted by Crippen LogP contribution is 2.29. The molecule has 0 unspecified atom stereocenters. The maximum Gasteiger partial charge on any atom is 0.339 e. The Labute approximate surface area is 122 Å². The Kier molecular flexibility index (Phi) is 6.42. The van der Waals surface area contributed by atoms with Crippen LogP contribution < -0.4 is 5.73 Å². The molecule has 1 rings (SSSR count). The third kappa shape index (κ3) is 5.27. The zero-order chi connectivity index (χ0) is 14.4. The average molecular weight is 306 g/mol. The topological polar surface area (TPSA) is 61.5 Å². The molecule has 1 aromatic rings. The van der Waals surface area contributed by atoms with Crippen molar-refractivity contribution in [3.8, 4) is 0 Å². The molecule has 0 spiro atoms. The summed E-state index contributed by atoms with van der Waals surface area (Å²) < 4.78 is 10.3.